The molecule has 0 radical (unpaired) electrons. The van der Waals surface area contributed by atoms with Gasteiger partial charge in [-0.2, -0.15) is 13.2 Å². The number of carbonyl (C=O) groups is 1. The molecule has 0 aliphatic rings. The fourth-order valence-corrected chi connectivity index (χ4v) is 3.38. The summed E-state index contributed by atoms with van der Waals surface area (Å²) in [5.74, 6) is -1.58. The number of hydrogen-bond donors (Lipinski definition) is 2. The third-order valence-corrected chi connectivity index (χ3v) is 5.81. The van der Waals surface area contributed by atoms with Crippen molar-refractivity contribution in [2.45, 2.75) is 11.1 Å². The van der Waals surface area contributed by atoms with Crippen molar-refractivity contribution in [1.82, 2.24) is 4.31 Å². The Morgan fingerprint density at radius 2 is 1.72 bits per heavy atom. The van der Waals surface area contributed by atoms with Crippen molar-refractivity contribution < 1.29 is 40.2 Å². The first kappa shape index (κ1) is 25.2. The van der Waals surface area contributed by atoms with Gasteiger partial charge in [-0.1, -0.05) is 0 Å². The monoisotopic (exact) mass is 479 g/mol. The van der Waals surface area contributed by atoms with Crippen LogP contribution in [0.5, 0.6) is 11.5 Å². The number of anilines is 2. The Labute approximate surface area is 182 Å². The van der Waals surface area contributed by atoms with E-state index in [9.17, 15) is 30.8 Å². The summed E-state index contributed by atoms with van der Waals surface area (Å²) in [7, 11) is 0.229. The lowest BCUT2D eigenvalue weighted by Crippen LogP contribution is -2.24. The van der Waals surface area contributed by atoms with Crippen molar-refractivity contribution in [3.8, 4) is 11.5 Å². The molecule has 176 valence electrons. The Hall–Kier alpha value is -3.06. The maximum Gasteiger partial charge on any atom is 0.422 e. The minimum atomic E-state index is -4.60. The third-order valence-electron chi connectivity index (χ3n) is 4.00. The van der Waals surface area contributed by atoms with Gasteiger partial charge >= 0.3 is 6.18 Å². The van der Waals surface area contributed by atoms with E-state index in [0.29, 0.717) is 0 Å². The predicted molar refractivity (Wildman–Crippen MR) is 109 cm³/mol. The van der Waals surface area contributed by atoms with Crippen LogP contribution in [0.4, 0.5) is 28.9 Å². The minimum Gasteiger partial charge on any atom is -0.495 e. The summed E-state index contributed by atoms with van der Waals surface area (Å²) in [4.78, 5) is 12.3. The largest absolute Gasteiger partial charge is 0.495 e. The number of carbonyl (C=O) groups excluding carboxylic acids is 1. The van der Waals surface area contributed by atoms with Gasteiger partial charge in [-0.25, -0.2) is 17.1 Å². The van der Waals surface area contributed by atoms with E-state index in [2.05, 4.69) is 15.4 Å². The van der Waals surface area contributed by atoms with Gasteiger partial charge in [0.15, 0.2) is 6.61 Å². The number of alkyl halides is 3. The van der Waals surface area contributed by atoms with Gasteiger partial charge in [0.25, 0.3) is 0 Å². The highest BCUT2D eigenvalue weighted by Crippen LogP contribution is 2.29. The average Bonchev–Trinajstić information content (AvgIpc) is 2.70. The van der Waals surface area contributed by atoms with E-state index in [-0.39, 0.29) is 27.8 Å². The summed E-state index contributed by atoms with van der Waals surface area (Å²) in [5, 5.41) is 4.95. The molecule has 0 heterocycles. The molecule has 2 N–H and O–H groups in total. The van der Waals surface area contributed by atoms with Crippen molar-refractivity contribution in [2.24, 2.45) is 0 Å². The number of nitrogens with one attached hydrogen (secondary N) is 2. The van der Waals surface area contributed by atoms with Crippen LogP contribution in [-0.4, -0.2) is 59.2 Å². The van der Waals surface area contributed by atoms with E-state index < -0.39 is 41.1 Å². The molecule has 13 heteroatoms. The molecule has 0 aromatic heterocycles. The normalized spacial score (nSPS) is 11.9. The third kappa shape index (κ3) is 6.72. The van der Waals surface area contributed by atoms with Gasteiger partial charge in [0.2, 0.25) is 15.9 Å². The summed E-state index contributed by atoms with van der Waals surface area (Å²) >= 11 is 0. The van der Waals surface area contributed by atoms with Crippen molar-refractivity contribution in [2.75, 3.05) is 45.0 Å². The molecular weight excluding hydrogens is 458 g/mol. The van der Waals surface area contributed by atoms with Crippen molar-refractivity contribution in [1.29, 1.82) is 0 Å². The molecule has 1 amide bonds. The highest BCUT2D eigenvalue weighted by atomic mass is 32.2. The molecule has 0 fully saturated rings. The number of amides is 1. The second kappa shape index (κ2) is 10.0. The molecule has 8 nitrogen and oxygen atoms in total. The quantitative estimate of drug-likeness (QED) is 0.537. The molecule has 0 saturated heterocycles. The average molecular weight is 479 g/mol. The molecule has 2 rings (SSSR count). The number of hydrogen-bond acceptors (Lipinski definition) is 6. The van der Waals surface area contributed by atoms with Gasteiger partial charge in [-0.05, 0) is 30.3 Å². The van der Waals surface area contributed by atoms with Gasteiger partial charge in [0, 0.05) is 20.2 Å². The standard InChI is InChI=1S/C19H21F4N3O5S/c1-26(2)32(28,29)13-5-7-16(30-3)15(9-13)25-18(27)10-24-14-8-12(20)4-6-17(14)31-11-19(21,22)23/h4-9,24H,10-11H2,1-3H3,(H,25,27). The fraction of sp³-hybridized carbons (Fsp3) is 0.316. The first-order valence-electron chi connectivity index (χ1n) is 8.97. The zero-order chi connectivity index (χ0) is 24.1. The maximum atomic E-state index is 13.5. The van der Waals surface area contributed by atoms with Crippen LogP contribution in [-0.2, 0) is 14.8 Å². The lowest BCUT2D eigenvalue weighted by molar-refractivity contribution is -0.153. The number of methoxy groups -OCH3 is 1. The molecule has 0 aliphatic carbocycles. The summed E-state index contributed by atoms with van der Waals surface area (Å²) in [5.41, 5.74) is -0.115. The lowest BCUT2D eigenvalue weighted by Gasteiger charge is -2.16. The van der Waals surface area contributed by atoms with Crippen LogP contribution in [0.2, 0.25) is 0 Å². The molecule has 0 saturated carbocycles. The molecule has 2 aromatic carbocycles. The Balaban J connectivity index is 2.16. The molecule has 0 aliphatic heterocycles. The zero-order valence-corrected chi connectivity index (χ0v) is 18.1. The molecule has 0 atom stereocenters. The van der Waals surface area contributed by atoms with Crippen molar-refractivity contribution in [3.63, 3.8) is 0 Å². The SMILES string of the molecule is COc1ccc(S(=O)(=O)N(C)C)cc1NC(=O)CNc1cc(F)ccc1OCC(F)(F)F. The topological polar surface area (TPSA) is 97.0 Å². The Bertz CT molecular complexity index is 1080. The fourth-order valence-electron chi connectivity index (χ4n) is 2.45. The van der Waals surface area contributed by atoms with Gasteiger partial charge in [-0.3, -0.25) is 4.79 Å². The van der Waals surface area contributed by atoms with Gasteiger partial charge < -0.3 is 20.1 Å². The summed E-state index contributed by atoms with van der Waals surface area (Å²) in [6.07, 6.45) is -4.60. The van der Waals surface area contributed by atoms with Crippen LogP contribution in [0.3, 0.4) is 0 Å². The molecule has 0 unspecified atom stereocenters. The van der Waals surface area contributed by atoms with E-state index in [4.69, 9.17) is 4.74 Å². The van der Waals surface area contributed by atoms with Crippen molar-refractivity contribution in [3.05, 3.63) is 42.2 Å². The van der Waals surface area contributed by atoms with E-state index in [1.165, 1.54) is 39.4 Å². The van der Waals surface area contributed by atoms with Gasteiger partial charge in [0.05, 0.1) is 29.9 Å². The molecule has 32 heavy (non-hydrogen) atoms. The van der Waals surface area contributed by atoms with Gasteiger partial charge in [-0.15, -0.1) is 0 Å². The molecular formula is C19H21F4N3O5S. The second-order valence-corrected chi connectivity index (χ2v) is 8.75. The number of halogens is 4. The number of nitrogens with zero attached hydrogens (tertiary/aromatic N) is 1. The van der Waals surface area contributed by atoms with E-state index >= 15 is 0 Å². The van der Waals surface area contributed by atoms with E-state index in [1.807, 2.05) is 0 Å². The van der Waals surface area contributed by atoms with Crippen LogP contribution in [0, 0.1) is 5.82 Å². The maximum absolute atomic E-state index is 13.5. The van der Waals surface area contributed by atoms with Crippen LogP contribution in [0.15, 0.2) is 41.3 Å². The lowest BCUT2D eigenvalue weighted by atomic mass is 10.2. The van der Waals surface area contributed by atoms with Crippen LogP contribution in [0.25, 0.3) is 0 Å². The summed E-state index contributed by atoms with van der Waals surface area (Å²) < 4.78 is 86.1. The first-order chi connectivity index (χ1) is 14.8. The van der Waals surface area contributed by atoms with Crippen molar-refractivity contribution >= 4 is 27.3 Å². The Morgan fingerprint density at radius 3 is 2.31 bits per heavy atom. The molecule has 2 aromatic rings. The second-order valence-electron chi connectivity index (χ2n) is 6.60. The van der Waals surface area contributed by atoms with Gasteiger partial charge in [0.1, 0.15) is 17.3 Å². The molecule has 0 bridgehead atoms. The van der Waals surface area contributed by atoms with Crippen LogP contribution in [0.1, 0.15) is 0 Å². The Kier molecular flexibility index (Phi) is 7.91. The highest BCUT2D eigenvalue weighted by Gasteiger charge is 2.29. The van der Waals surface area contributed by atoms with Crippen LogP contribution >= 0.6 is 0 Å². The zero-order valence-electron chi connectivity index (χ0n) is 17.3. The molecule has 0 spiro atoms. The minimum absolute atomic E-state index is 0.0509. The number of sulfonamides is 1. The summed E-state index contributed by atoms with van der Waals surface area (Å²) in [6, 6.07) is 6.66. The van der Waals surface area contributed by atoms with Crippen LogP contribution < -0.4 is 20.1 Å². The highest BCUT2D eigenvalue weighted by molar-refractivity contribution is 7.89. The van der Waals surface area contributed by atoms with E-state index in [0.717, 1.165) is 22.5 Å². The first-order valence-corrected chi connectivity index (χ1v) is 10.4. The summed E-state index contributed by atoms with van der Waals surface area (Å²) in [6.45, 7) is -2.08. The number of ether oxygens (including phenoxy) is 2. The smallest absolute Gasteiger partial charge is 0.422 e. The van der Waals surface area contributed by atoms with E-state index in [1.54, 1.807) is 0 Å². The number of benzene rings is 2. The Morgan fingerprint density at radius 1 is 1.06 bits per heavy atom. The predicted octanol–water partition coefficient (Wildman–Crippen LogP) is 3.08. The number of rotatable bonds is 9.